The highest BCUT2D eigenvalue weighted by molar-refractivity contribution is 4.68. The molecule has 0 aliphatic heterocycles. The number of hydrogen-bond acceptors (Lipinski definition) is 1. The summed E-state index contributed by atoms with van der Waals surface area (Å²) in [4.78, 5) is 0. The molecule has 0 aromatic heterocycles. The highest BCUT2D eigenvalue weighted by Gasteiger charge is 2.07. The Morgan fingerprint density at radius 2 is 1.88 bits per heavy atom. The fourth-order valence-corrected chi connectivity index (χ4v) is 0.385. The van der Waals surface area contributed by atoms with Gasteiger partial charge in [0.15, 0.2) is 0 Å². The summed E-state index contributed by atoms with van der Waals surface area (Å²) in [7, 11) is 0. The van der Waals surface area contributed by atoms with Crippen molar-refractivity contribution in [3.8, 4) is 0 Å². The normalized spacial score (nSPS) is 12.0. The standard InChI is InChI=1S/C6H14NO/c1-6(2,3)7-4-5-8/h8H,4-5H2,1-3H3. The zero-order valence-electron chi connectivity index (χ0n) is 5.81. The predicted octanol–water partition coefficient (Wildman–Crippen LogP) is 0.382. The molecular formula is C6H14NO. The minimum atomic E-state index is 0.0166. The van der Waals surface area contributed by atoms with E-state index in [-0.39, 0.29) is 12.1 Å². The van der Waals surface area contributed by atoms with Crippen LogP contribution in [0.1, 0.15) is 20.8 Å². The first-order chi connectivity index (χ1) is 3.56. The van der Waals surface area contributed by atoms with Crippen LogP contribution >= 0.6 is 0 Å². The van der Waals surface area contributed by atoms with E-state index in [0.29, 0.717) is 6.54 Å². The van der Waals surface area contributed by atoms with Gasteiger partial charge < -0.3 is 5.11 Å². The van der Waals surface area contributed by atoms with Gasteiger partial charge in [-0.3, -0.25) is 0 Å². The van der Waals surface area contributed by atoms with Gasteiger partial charge >= 0.3 is 0 Å². The highest BCUT2D eigenvalue weighted by atomic mass is 16.3. The summed E-state index contributed by atoms with van der Waals surface area (Å²) in [5.74, 6) is 0. The number of nitrogens with zero attached hydrogens (tertiary/aromatic N) is 1. The van der Waals surface area contributed by atoms with Crippen LogP contribution in [-0.2, 0) is 0 Å². The molecule has 0 bridgehead atoms. The third-order valence-electron chi connectivity index (χ3n) is 0.686. The molecule has 1 N–H and O–H groups in total. The Kier molecular flexibility index (Phi) is 3.02. The molecule has 0 aromatic rings. The summed E-state index contributed by atoms with van der Waals surface area (Å²) < 4.78 is 0. The summed E-state index contributed by atoms with van der Waals surface area (Å²) >= 11 is 0. The average Bonchev–Trinajstić information content (AvgIpc) is 1.59. The van der Waals surface area contributed by atoms with Crippen LogP contribution in [0, 0.1) is 0 Å². The third kappa shape index (κ3) is 5.92. The van der Waals surface area contributed by atoms with Crippen molar-refractivity contribution in [2.45, 2.75) is 26.3 Å². The molecule has 2 nitrogen and oxygen atoms in total. The van der Waals surface area contributed by atoms with Crippen molar-refractivity contribution in [1.29, 1.82) is 0 Å². The van der Waals surface area contributed by atoms with E-state index in [0.717, 1.165) is 0 Å². The summed E-state index contributed by atoms with van der Waals surface area (Å²) in [6.07, 6.45) is 0. The quantitative estimate of drug-likeness (QED) is 0.556. The molecule has 49 valence electrons. The minimum absolute atomic E-state index is 0.0166. The van der Waals surface area contributed by atoms with Crippen LogP contribution in [0.5, 0.6) is 0 Å². The predicted molar refractivity (Wildman–Crippen MR) is 33.8 cm³/mol. The molecule has 1 radical (unpaired) electrons. The maximum atomic E-state index is 8.34. The maximum Gasteiger partial charge on any atom is 0.0572 e. The van der Waals surface area contributed by atoms with Gasteiger partial charge in [-0.2, -0.15) is 0 Å². The Morgan fingerprint density at radius 1 is 1.38 bits per heavy atom. The molecule has 0 aliphatic carbocycles. The first-order valence-corrected chi connectivity index (χ1v) is 2.86. The lowest BCUT2D eigenvalue weighted by Crippen LogP contribution is -2.30. The number of aliphatic hydroxyl groups is 1. The van der Waals surface area contributed by atoms with Gasteiger partial charge in [0, 0.05) is 12.1 Å². The molecule has 0 saturated heterocycles. The molecule has 2 heteroatoms. The van der Waals surface area contributed by atoms with Crippen LogP contribution in [0.15, 0.2) is 0 Å². The van der Waals surface area contributed by atoms with Crippen molar-refractivity contribution in [1.82, 2.24) is 5.32 Å². The van der Waals surface area contributed by atoms with Crippen molar-refractivity contribution in [3.05, 3.63) is 0 Å². The summed E-state index contributed by atoms with van der Waals surface area (Å²) in [6.45, 7) is 6.77. The Morgan fingerprint density at radius 3 is 2.00 bits per heavy atom. The van der Waals surface area contributed by atoms with E-state index in [1.54, 1.807) is 0 Å². The van der Waals surface area contributed by atoms with Gasteiger partial charge in [-0.1, -0.05) is 0 Å². The SMILES string of the molecule is CC(C)(C)[N]CCO. The topological polar surface area (TPSA) is 34.3 Å². The summed E-state index contributed by atoms with van der Waals surface area (Å²) in [6, 6.07) is 0. The van der Waals surface area contributed by atoms with Crippen LogP contribution in [0.25, 0.3) is 0 Å². The molecule has 0 saturated carbocycles. The van der Waals surface area contributed by atoms with Crippen molar-refractivity contribution in [3.63, 3.8) is 0 Å². The minimum Gasteiger partial charge on any atom is -0.395 e. The summed E-state index contributed by atoms with van der Waals surface area (Å²) in [5, 5.41) is 12.5. The van der Waals surface area contributed by atoms with E-state index >= 15 is 0 Å². The molecule has 0 aromatic carbocycles. The molecule has 0 unspecified atom stereocenters. The zero-order valence-corrected chi connectivity index (χ0v) is 5.81. The van der Waals surface area contributed by atoms with Gasteiger partial charge in [-0.15, -0.1) is 0 Å². The Bertz CT molecular complexity index is 56.0. The molecule has 0 aliphatic rings. The smallest absolute Gasteiger partial charge is 0.0572 e. The Labute approximate surface area is 50.9 Å². The molecule has 0 heterocycles. The Balaban J connectivity index is 3.11. The molecule has 0 fully saturated rings. The van der Waals surface area contributed by atoms with Gasteiger partial charge in [-0.25, -0.2) is 5.32 Å². The van der Waals surface area contributed by atoms with Crippen LogP contribution in [0.2, 0.25) is 0 Å². The van der Waals surface area contributed by atoms with Crippen LogP contribution in [0.4, 0.5) is 0 Å². The largest absolute Gasteiger partial charge is 0.395 e. The van der Waals surface area contributed by atoms with Crippen molar-refractivity contribution in [2.24, 2.45) is 0 Å². The first-order valence-electron chi connectivity index (χ1n) is 2.86. The molecule has 0 spiro atoms. The summed E-state index contributed by atoms with van der Waals surface area (Å²) in [5.41, 5.74) is 0.0166. The van der Waals surface area contributed by atoms with Crippen molar-refractivity contribution < 1.29 is 5.11 Å². The fourth-order valence-electron chi connectivity index (χ4n) is 0.385. The number of hydrogen-bond donors (Lipinski definition) is 1. The second kappa shape index (κ2) is 3.05. The van der Waals surface area contributed by atoms with E-state index in [4.69, 9.17) is 5.11 Å². The van der Waals surface area contributed by atoms with Crippen molar-refractivity contribution >= 4 is 0 Å². The van der Waals surface area contributed by atoms with Crippen LogP contribution in [0.3, 0.4) is 0 Å². The van der Waals surface area contributed by atoms with E-state index < -0.39 is 0 Å². The second-order valence-electron chi connectivity index (χ2n) is 2.78. The lowest BCUT2D eigenvalue weighted by Gasteiger charge is -2.16. The number of aliphatic hydroxyl groups excluding tert-OH is 1. The maximum absolute atomic E-state index is 8.34. The van der Waals surface area contributed by atoms with Crippen LogP contribution < -0.4 is 5.32 Å². The highest BCUT2D eigenvalue weighted by Crippen LogP contribution is 1.98. The van der Waals surface area contributed by atoms with E-state index in [1.165, 1.54) is 0 Å². The molecular weight excluding hydrogens is 102 g/mol. The van der Waals surface area contributed by atoms with Gasteiger partial charge in [-0.05, 0) is 20.8 Å². The first kappa shape index (κ1) is 7.92. The van der Waals surface area contributed by atoms with E-state index in [2.05, 4.69) is 5.32 Å². The molecule has 0 amide bonds. The second-order valence-corrected chi connectivity index (χ2v) is 2.78. The van der Waals surface area contributed by atoms with Gasteiger partial charge in [0.25, 0.3) is 0 Å². The van der Waals surface area contributed by atoms with Crippen LogP contribution in [-0.4, -0.2) is 23.8 Å². The van der Waals surface area contributed by atoms with Gasteiger partial charge in [0.05, 0.1) is 6.61 Å². The molecule has 8 heavy (non-hydrogen) atoms. The lowest BCUT2D eigenvalue weighted by atomic mass is 10.1. The fraction of sp³-hybridized carbons (Fsp3) is 1.00. The van der Waals surface area contributed by atoms with Gasteiger partial charge in [0.1, 0.15) is 0 Å². The lowest BCUT2D eigenvalue weighted by molar-refractivity contribution is 0.268. The van der Waals surface area contributed by atoms with E-state index in [9.17, 15) is 0 Å². The van der Waals surface area contributed by atoms with Gasteiger partial charge in [0.2, 0.25) is 0 Å². The molecule has 0 atom stereocenters. The number of rotatable bonds is 2. The Hall–Kier alpha value is -0.0800. The van der Waals surface area contributed by atoms with Crippen molar-refractivity contribution in [2.75, 3.05) is 13.2 Å². The molecule has 0 rings (SSSR count). The third-order valence-corrected chi connectivity index (χ3v) is 0.686. The zero-order chi connectivity index (χ0) is 6.62. The van der Waals surface area contributed by atoms with E-state index in [1.807, 2.05) is 20.8 Å². The monoisotopic (exact) mass is 116 g/mol. The average molecular weight is 116 g/mol.